The average Bonchev–Trinajstić information content (AvgIpc) is 2.91. The van der Waals surface area contributed by atoms with Crippen molar-refractivity contribution in [1.29, 1.82) is 0 Å². The molecule has 1 fully saturated rings. The first-order valence-electron chi connectivity index (χ1n) is 8.13. The van der Waals surface area contributed by atoms with Gasteiger partial charge in [-0.05, 0) is 25.0 Å². The number of nitrogens with one attached hydrogen (secondary N) is 1. The third-order valence-electron chi connectivity index (χ3n) is 3.99. The minimum atomic E-state index is -0.000525. The van der Waals surface area contributed by atoms with E-state index in [2.05, 4.69) is 32.0 Å². The van der Waals surface area contributed by atoms with Crippen LogP contribution >= 0.6 is 0 Å². The molecule has 0 radical (unpaired) electrons. The maximum Gasteiger partial charge on any atom is 0.274 e. The van der Waals surface area contributed by atoms with Gasteiger partial charge in [-0.25, -0.2) is 9.97 Å². The van der Waals surface area contributed by atoms with Crippen molar-refractivity contribution in [3.05, 3.63) is 35.9 Å². The zero-order valence-corrected chi connectivity index (χ0v) is 13.4. The second-order valence-electron chi connectivity index (χ2n) is 5.71. The second kappa shape index (κ2) is 7.21. The Morgan fingerprint density at radius 2 is 2.04 bits per heavy atom. The van der Waals surface area contributed by atoms with Crippen molar-refractivity contribution in [3.8, 4) is 0 Å². The monoisotopic (exact) mass is 314 g/mol. The summed E-state index contributed by atoms with van der Waals surface area (Å²) in [5, 5.41) is 7.11. The van der Waals surface area contributed by atoms with Crippen LogP contribution in [0.25, 0.3) is 0 Å². The Morgan fingerprint density at radius 1 is 1.22 bits per heavy atom. The zero-order valence-electron chi connectivity index (χ0n) is 13.4. The largest absolute Gasteiger partial charge is 0.339 e. The fourth-order valence-electron chi connectivity index (χ4n) is 2.81. The number of aryl methyl sites for hydroxylation is 1. The summed E-state index contributed by atoms with van der Waals surface area (Å²) in [6.07, 6.45) is 6.34. The van der Waals surface area contributed by atoms with E-state index >= 15 is 0 Å². The van der Waals surface area contributed by atoms with Crippen LogP contribution in [0.1, 0.15) is 35.9 Å². The fourth-order valence-corrected chi connectivity index (χ4v) is 2.81. The number of H-pyrrole nitrogens is 1. The van der Waals surface area contributed by atoms with Gasteiger partial charge in [0.25, 0.3) is 5.91 Å². The van der Waals surface area contributed by atoms with E-state index in [0.29, 0.717) is 12.2 Å². The Kier molecular flexibility index (Phi) is 4.85. The summed E-state index contributed by atoms with van der Waals surface area (Å²) in [4.78, 5) is 25.2. The van der Waals surface area contributed by atoms with E-state index in [1.54, 1.807) is 12.4 Å². The second-order valence-corrected chi connectivity index (χ2v) is 5.71. The standard InChI is InChI=1S/C16H22N6O/c1-2-5-13-12-14(20-19-13)15(23)21-8-4-9-22(11-10-21)16-17-6-3-7-18-16/h3,6-7,12H,2,4-5,8-11H2,1H3,(H,19,20). The summed E-state index contributed by atoms with van der Waals surface area (Å²) in [6.45, 7) is 5.10. The van der Waals surface area contributed by atoms with Crippen LogP contribution in [0, 0.1) is 0 Å². The van der Waals surface area contributed by atoms with Crippen LogP contribution in [0.3, 0.4) is 0 Å². The third-order valence-corrected chi connectivity index (χ3v) is 3.99. The van der Waals surface area contributed by atoms with E-state index in [-0.39, 0.29) is 5.91 Å². The Hall–Kier alpha value is -2.44. The molecule has 3 rings (SSSR count). The summed E-state index contributed by atoms with van der Waals surface area (Å²) in [5.41, 5.74) is 1.53. The summed E-state index contributed by atoms with van der Waals surface area (Å²) in [5.74, 6) is 0.728. The molecule has 0 atom stereocenters. The molecule has 0 saturated carbocycles. The number of hydrogen-bond donors (Lipinski definition) is 1. The third kappa shape index (κ3) is 3.67. The van der Waals surface area contributed by atoms with Crippen LogP contribution in [0.15, 0.2) is 24.5 Å². The fraction of sp³-hybridized carbons (Fsp3) is 0.500. The lowest BCUT2D eigenvalue weighted by atomic mass is 10.2. The van der Waals surface area contributed by atoms with Gasteiger partial charge < -0.3 is 9.80 Å². The zero-order chi connectivity index (χ0) is 16.1. The number of amides is 1. The number of carbonyl (C=O) groups is 1. The van der Waals surface area contributed by atoms with Crippen molar-refractivity contribution in [2.24, 2.45) is 0 Å². The summed E-state index contributed by atoms with van der Waals surface area (Å²) < 4.78 is 0. The van der Waals surface area contributed by atoms with Gasteiger partial charge in [0.05, 0.1) is 0 Å². The van der Waals surface area contributed by atoms with Crippen LogP contribution in [0.2, 0.25) is 0 Å². The quantitative estimate of drug-likeness (QED) is 0.925. The maximum atomic E-state index is 12.6. The lowest BCUT2D eigenvalue weighted by Gasteiger charge is -2.21. The van der Waals surface area contributed by atoms with Crippen molar-refractivity contribution < 1.29 is 4.79 Å². The van der Waals surface area contributed by atoms with E-state index in [1.165, 1.54) is 0 Å². The SMILES string of the molecule is CCCc1cc(C(=O)N2CCCN(c3ncccn3)CC2)n[nH]1. The van der Waals surface area contributed by atoms with Gasteiger partial charge in [-0.2, -0.15) is 5.10 Å². The molecule has 122 valence electrons. The lowest BCUT2D eigenvalue weighted by Crippen LogP contribution is -2.35. The van der Waals surface area contributed by atoms with Gasteiger partial charge in [0.15, 0.2) is 0 Å². The molecule has 7 heteroatoms. The molecule has 2 aromatic heterocycles. The summed E-state index contributed by atoms with van der Waals surface area (Å²) in [7, 11) is 0. The smallest absolute Gasteiger partial charge is 0.274 e. The topological polar surface area (TPSA) is 78.0 Å². The molecule has 3 heterocycles. The van der Waals surface area contributed by atoms with Gasteiger partial charge in [0.1, 0.15) is 5.69 Å². The van der Waals surface area contributed by atoms with E-state index in [4.69, 9.17) is 0 Å². The van der Waals surface area contributed by atoms with Crippen molar-refractivity contribution in [2.45, 2.75) is 26.2 Å². The number of aromatic amines is 1. The first-order chi connectivity index (χ1) is 11.3. The van der Waals surface area contributed by atoms with Gasteiger partial charge in [0, 0.05) is 44.3 Å². The Labute approximate surface area is 135 Å². The Morgan fingerprint density at radius 3 is 2.83 bits per heavy atom. The molecule has 0 aromatic carbocycles. The first kappa shape index (κ1) is 15.5. The number of rotatable bonds is 4. The van der Waals surface area contributed by atoms with Crippen LogP contribution in [0.5, 0.6) is 0 Å². The lowest BCUT2D eigenvalue weighted by molar-refractivity contribution is 0.0761. The van der Waals surface area contributed by atoms with Crippen LogP contribution < -0.4 is 4.90 Å². The molecule has 2 aromatic rings. The van der Waals surface area contributed by atoms with Crippen LogP contribution in [0.4, 0.5) is 5.95 Å². The molecule has 23 heavy (non-hydrogen) atoms. The number of aromatic nitrogens is 4. The van der Waals surface area contributed by atoms with Crippen molar-refractivity contribution in [1.82, 2.24) is 25.1 Å². The highest BCUT2D eigenvalue weighted by Gasteiger charge is 2.23. The predicted molar refractivity (Wildman–Crippen MR) is 87.3 cm³/mol. The van der Waals surface area contributed by atoms with E-state index < -0.39 is 0 Å². The number of nitrogens with zero attached hydrogens (tertiary/aromatic N) is 5. The van der Waals surface area contributed by atoms with E-state index in [0.717, 1.165) is 50.5 Å². The highest BCUT2D eigenvalue weighted by Crippen LogP contribution is 2.13. The van der Waals surface area contributed by atoms with Gasteiger partial charge in [0.2, 0.25) is 5.95 Å². The molecule has 1 amide bonds. The summed E-state index contributed by atoms with van der Waals surface area (Å²) >= 11 is 0. The van der Waals surface area contributed by atoms with Crippen LogP contribution in [-0.4, -0.2) is 57.2 Å². The molecule has 0 aliphatic carbocycles. The predicted octanol–water partition coefficient (Wildman–Crippen LogP) is 1.50. The minimum Gasteiger partial charge on any atom is -0.339 e. The van der Waals surface area contributed by atoms with Gasteiger partial charge in [-0.15, -0.1) is 0 Å². The molecule has 1 N–H and O–H groups in total. The maximum absolute atomic E-state index is 12.6. The molecule has 1 aliphatic rings. The molecule has 7 nitrogen and oxygen atoms in total. The van der Waals surface area contributed by atoms with Crippen molar-refractivity contribution >= 4 is 11.9 Å². The molecule has 0 unspecified atom stereocenters. The van der Waals surface area contributed by atoms with E-state index in [9.17, 15) is 4.79 Å². The molecular formula is C16H22N6O. The Bertz CT molecular complexity index is 641. The Balaban J connectivity index is 1.64. The van der Waals surface area contributed by atoms with Crippen LogP contribution in [-0.2, 0) is 6.42 Å². The first-order valence-corrected chi connectivity index (χ1v) is 8.13. The molecule has 1 saturated heterocycles. The summed E-state index contributed by atoms with van der Waals surface area (Å²) in [6, 6.07) is 3.68. The minimum absolute atomic E-state index is 0.000525. The highest BCUT2D eigenvalue weighted by molar-refractivity contribution is 5.92. The highest BCUT2D eigenvalue weighted by atomic mass is 16.2. The number of carbonyl (C=O) groups excluding carboxylic acids is 1. The molecule has 0 spiro atoms. The molecular weight excluding hydrogens is 292 g/mol. The normalized spacial score (nSPS) is 15.5. The van der Waals surface area contributed by atoms with Crippen molar-refractivity contribution in [2.75, 3.05) is 31.1 Å². The van der Waals surface area contributed by atoms with Gasteiger partial charge >= 0.3 is 0 Å². The average molecular weight is 314 g/mol. The molecule has 0 bridgehead atoms. The number of hydrogen-bond acceptors (Lipinski definition) is 5. The number of anilines is 1. The molecule has 1 aliphatic heterocycles. The van der Waals surface area contributed by atoms with Crippen molar-refractivity contribution in [3.63, 3.8) is 0 Å². The van der Waals surface area contributed by atoms with Gasteiger partial charge in [-0.3, -0.25) is 9.89 Å². The van der Waals surface area contributed by atoms with E-state index in [1.807, 2.05) is 17.0 Å². The van der Waals surface area contributed by atoms with Gasteiger partial charge in [-0.1, -0.05) is 13.3 Å².